The highest BCUT2D eigenvalue weighted by atomic mass is 19.4. The highest BCUT2D eigenvalue weighted by Gasteiger charge is 2.33. The molecule has 2 aromatic carbocycles. The van der Waals surface area contributed by atoms with E-state index in [0.29, 0.717) is 5.56 Å². The molecule has 0 atom stereocenters. The van der Waals surface area contributed by atoms with Crippen molar-refractivity contribution in [1.82, 2.24) is 10.2 Å². The second-order valence-electron chi connectivity index (χ2n) is 6.79. The summed E-state index contributed by atoms with van der Waals surface area (Å²) in [5, 5.41) is 1.78. The largest absolute Gasteiger partial charge is 0.405 e. The van der Waals surface area contributed by atoms with E-state index < -0.39 is 36.2 Å². The van der Waals surface area contributed by atoms with Gasteiger partial charge >= 0.3 is 6.18 Å². The molecule has 0 spiro atoms. The van der Waals surface area contributed by atoms with Crippen molar-refractivity contribution in [3.8, 4) is 0 Å². The van der Waals surface area contributed by atoms with Gasteiger partial charge in [-0.2, -0.15) is 13.2 Å². The van der Waals surface area contributed by atoms with Crippen molar-refractivity contribution in [2.45, 2.75) is 31.6 Å². The van der Waals surface area contributed by atoms with Gasteiger partial charge in [0.2, 0.25) is 0 Å². The van der Waals surface area contributed by atoms with Crippen molar-refractivity contribution in [3.63, 3.8) is 0 Å². The zero-order valence-corrected chi connectivity index (χ0v) is 15.1. The fourth-order valence-corrected chi connectivity index (χ4v) is 2.79. The molecule has 154 valence electrons. The van der Waals surface area contributed by atoms with Crippen molar-refractivity contribution in [1.29, 1.82) is 0 Å². The number of nitrogens with zero attached hydrogens (tertiary/aromatic N) is 1. The summed E-state index contributed by atoms with van der Waals surface area (Å²) in [7, 11) is 0. The Kier molecular flexibility index (Phi) is 5.86. The van der Waals surface area contributed by atoms with Gasteiger partial charge in [-0.05, 0) is 48.7 Å². The van der Waals surface area contributed by atoms with E-state index in [1.54, 1.807) is 5.32 Å². The second kappa shape index (κ2) is 8.18. The Morgan fingerprint density at radius 1 is 0.966 bits per heavy atom. The van der Waals surface area contributed by atoms with Crippen LogP contribution in [0.3, 0.4) is 0 Å². The van der Waals surface area contributed by atoms with Crippen LogP contribution >= 0.6 is 0 Å². The minimum absolute atomic E-state index is 0.0228. The summed E-state index contributed by atoms with van der Waals surface area (Å²) in [4.78, 5) is 26.0. The maximum Gasteiger partial charge on any atom is 0.405 e. The van der Waals surface area contributed by atoms with E-state index in [9.17, 15) is 31.5 Å². The lowest BCUT2D eigenvalue weighted by atomic mass is 10.1. The van der Waals surface area contributed by atoms with Gasteiger partial charge in [0.25, 0.3) is 11.8 Å². The Bertz CT molecular complexity index is 908. The lowest BCUT2D eigenvalue weighted by Gasteiger charge is -2.23. The number of halogens is 5. The molecule has 0 saturated heterocycles. The number of benzene rings is 2. The SMILES string of the molecule is O=C(NCC(F)(F)F)c1ccc(CN(C(=O)c2ccc(F)c(F)c2)C2CC2)cc1. The molecule has 0 bridgehead atoms. The molecule has 1 aliphatic rings. The van der Waals surface area contributed by atoms with E-state index >= 15 is 0 Å². The standard InChI is InChI=1S/C20H17F5N2O2/c21-16-8-5-14(9-17(16)22)19(29)27(15-6-7-15)10-12-1-3-13(4-2-12)18(28)26-11-20(23,24)25/h1-5,8-9,15H,6-7,10-11H2,(H,26,28). The summed E-state index contributed by atoms with van der Waals surface area (Å²) in [6, 6.07) is 8.74. The van der Waals surface area contributed by atoms with Crippen LogP contribution in [0, 0.1) is 11.6 Å². The molecule has 1 N–H and O–H groups in total. The molecule has 29 heavy (non-hydrogen) atoms. The average molecular weight is 412 g/mol. The summed E-state index contributed by atoms with van der Waals surface area (Å²) in [6.07, 6.45) is -2.93. The van der Waals surface area contributed by atoms with Gasteiger partial charge in [0.15, 0.2) is 11.6 Å². The van der Waals surface area contributed by atoms with Crippen LogP contribution < -0.4 is 5.32 Å². The summed E-state index contributed by atoms with van der Waals surface area (Å²) in [5.41, 5.74) is 0.738. The first-order valence-corrected chi connectivity index (χ1v) is 8.84. The van der Waals surface area contributed by atoms with E-state index in [1.807, 2.05) is 0 Å². The second-order valence-corrected chi connectivity index (χ2v) is 6.79. The molecule has 2 aromatic rings. The van der Waals surface area contributed by atoms with Crippen molar-refractivity contribution >= 4 is 11.8 Å². The molecule has 0 aliphatic heterocycles. The van der Waals surface area contributed by atoms with E-state index in [-0.39, 0.29) is 23.7 Å². The van der Waals surface area contributed by atoms with E-state index in [1.165, 1.54) is 35.2 Å². The number of hydrogen-bond donors (Lipinski definition) is 1. The van der Waals surface area contributed by atoms with E-state index in [2.05, 4.69) is 0 Å². The summed E-state index contributed by atoms with van der Waals surface area (Å²) >= 11 is 0. The molecule has 0 aromatic heterocycles. The van der Waals surface area contributed by atoms with Crippen LogP contribution in [0.15, 0.2) is 42.5 Å². The molecule has 2 amide bonds. The van der Waals surface area contributed by atoms with Gasteiger partial charge in [-0.3, -0.25) is 9.59 Å². The maximum atomic E-state index is 13.4. The van der Waals surface area contributed by atoms with Crippen molar-refractivity contribution in [2.24, 2.45) is 0 Å². The first kappa shape index (κ1) is 20.8. The van der Waals surface area contributed by atoms with Gasteiger partial charge in [-0.1, -0.05) is 12.1 Å². The highest BCUT2D eigenvalue weighted by molar-refractivity contribution is 5.95. The molecule has 0 radical (unpaired) electrons. The quantitative estimate of drug-likeness (QED) is 0.728. The Hall–Kier alpha value is -2.97. The van der Waals surface area contributed by atoms with Crippen LogP contribution in [-0.2, 0) is 6.54 Å². The third-order valence-corrected chi connectivity index (χ3v) is 4.43. The molecule has 1 aliphatic carbocycles. The third kappa shape index (κ3) is 5.52. The molecule has 0 heterocycles. The molecule has 0 unspecified atom stereocenters. The smallest absolute Gasteiger partial charge is 0.343 e. The molecular formula is C20H17F5N2O2. The van der Waals surface area contributed by atoms with Crippen LogP contribution in [0.1, 0.15) is 39.1 Å². The number of alkyl halides is 3. The van der Waals surface area contributed by atoms with Crippen LogP contribution in [-0.4, -0.2) is 35.5 Å². The van der Waals surface area contributed by atoms with Gasteiger partial charge in [0.05, 0.1) is 0 Å². The van der Waals surface area contributed by atoms with Crippen molar-refractivity contribution < 1.29 is 31.5 Å². The Labute approximate surface area is 163 Å². The molecule has 4 nitrogen and oxygen atoms in total. The normalized spacial score (nSPS) is 13.8. The zero-order chi connectivity index (χ0) is 21.2. The molecule has 1 saturated carbocycles. The summed E-state index contributed by atoms with van der Waals surface area (Å²) in [5.74, 6) is -3.45. The van der Waals surface area contributed by atoms with Crippen LogP contribution in [0.2, 0.25) is 0 Å². The number of carbonyl (C=O) groups is 2. The van der Waals surface area contributed by atoms with Crippen LogP contribution in [0.5, 0.6) is 0 Å². The fraction of sp³-hybridized carbons (Fsp3) is 0.300. The van der Waals surface area contributed by atoms with Gasteiger partial charge in [-0.15, -0.1) is 0 Å². The average Bonchev–Trinajstić information content (AvgIpc) is 3.51. The number of nitrogens with one attached hydrogen (secondary N) is 1. The Balaban J connectivity index is 1.69. The predicted octanol–water partition coefficient (Wildman–Crippen LogP) is 4.06. The molecular weight excluding hydrogens is 395 g/mol. The Morgan fingerprint density at radius 3 is 2.14 bits per heavy atom. The number of amides is 2. The van der Waals surface area contributed by atoms with Gasteiger partial charge in [-0.25, -0.2) is 8.78 Å². The van der Waals surface area contributed by atoms with Crippen LogP contribution in [0.25, 0.3) is 0 Å². The third-order valence-electron chi connectivity index (χ3n) is 4.43. The highest BCUT2D eigenvalue weighted by Crippen LogP contribution is 2.30. The van der Waals surface area contributed by atoms with E-state index in [4.69, 9.17) is 0 Å². The molecule has 3 rings (SSSR count). The van der Waals surface area contributed by atoms with Gasteiger partial charge < -0.3 is 10.2 Å². The summed E-state index contributed by atoms with van der Waals surface area (Å²) in [6.45, 7) is -1.25. The first-order valence-electron chi connectivity index (χ1n) is 8.84. The van der Waals surface area contributed by atoms with Gasteiger partial charge in [0.1, 0.15) is 6.54 Å². The first-order chi connectivity index (χ1) is 13.6. The minimum Gasteiger partial charge on any atom is -0.343 e. The monoisotopic (exact) mass is 412 g/mol. The van der Waals surface area contributed by atoms with Crippen molar-refractivity contribution in [2.75, 3.05) is 6.54 Å². The molecule has 9 heteroatoms. The van der Waals surface area contributed by atoms with Crippen LogP contribution in [0.4, 0.5) is 22.0 Å². The number of rotatable bonds is 6. The predicted molar refractivity (Wildman–Crippen MR) is 94.1 cm³/mol. The number of carbonyl (C=O) groups excluding carboxylic acids is 2. The zero-order valence-electron chi connectivity index (χ0n) is 15.1. The fourth-order valence-electron chi connectivity index (χ4n) is 2.79. The topological polar surface area (TPSA) is 49.4 Å². The minimum atomic E-state index is -4.50. The lowest BCUT2D eigenvalue weighted by molar-refractivity contribution is -0.123. The van der Waals surface area contributed by atoms with Gasteiger partial charge in [0, 0.05) is 23.7 Å². The van der Waals surface area contributed by atoms with E-state index in [0.717, 1.165) is 25.0 Å². The maximum absolute atomic E-state index is 13.4. The Morgan fingerprint density at radius 2 is 1.59 bits per heavy atom. The number of hydrogen-bond acceptors (Lipinski definition) is 2. The summed E-state index contributed by atoms with van der Waals surface area (Å²) < 4.78 is 63.1. The van der Waals surface area contributed by atoms with Crippen molar-refractivity contribution in [3.05, 3.63) is 70.8 Å². The molecule has 1 fully saturated rings. The lowest BCUT2D eigenvalue weighted by Crippen LogP contribution is -2.34.